The van der Waals surface area contributed by atoms with Gasteiger partial charge in [0.25, 0.3) is 0 Å². The van der Waals surface area contributed by atoms with E-state index in [0.29, 0.717) is 24.8 Å². The fourth-order valence-corrected chi connectivity index (χ4v) is 4.64. The third-order valence-electron chi connectivity index (χ3n) is 3.68. The fourth-order valence-electron chi connectivity index (χ4n) is 2.23. The molecular formula is C17H8Cl2F3I2N5O3. The van der Waals surface area contributed by atoms with Crippen molar-refractivity contribution in [1.29, 1.82) is 5.26 Å². The summed E-state index contributed by atoms with van der Waals surface area (Å²) in [7, 11) is 0. The predicted octanol–water partition coefficient (Wildman–Crippen LogP) is 6.16. The van der Waals surface area contributed by atoms with Crippen molar-refractivity contribution in [1.82, 2.24) is 9.78 Å². The highest BCUT2D eigenvalue weighted by Crippen LogP contribution is 2.39. The molecule has 3 aromatic rings. The Morgan fingerprint density at radius 1 is 1.19 bits per heavy atom. The molecule has 0 spiro atoms. The number of hydrogen-bond donors (Lipinski definition) is 2. The van der Waals surface area contributed by atoms with Crippen molar-refractivity contribution in [3.63, 3.8) is 0 Å². The zero-order chi connectivity index (χ0) is 24.4. The first-order valence-corrected chi connectivity index (χ1v) is 10.8. The van der Waals surface area contributed by atoms with Crippen molar-refractivity contribution in [2.45, 2.75) is 6.18 Å². The summed E-state index contributed by atoms with van der Waals surface area (Å²) in [4.78, 5) is 9.89. The Labute approximate surface area is 215 Å². The third kappa shape index (κ3) is 5.85. The van der Waals surface area contributed by atoms with E-state index in [1.807, 2.05) is 51.3 Å². The molecule has 0 unspecified atom stereocenters. The number of rotatable bonds is 2. The molecule has 0 aliphatic rings. The van der Waals surface area contributed by atoms with Crippen molar-refractivity contribution in [3.8, 4) is 17.5 Å². The average molecular weight is 712 g/mol. The van der Waals surface area contributed by atoms with Gasteiger partial charge in [-0.15, -0.1) is 0 Å². The van der Waals surface area contributed by atoms with Gasteiger partial charge in [-0.3, -0.25) is 10.1 Å². The van der Waals surface area contributed by atoms with Crippen LogP contribution < -0.4 is 5.73 Å². The molecule has 0 fully saturated rings. The first kappa shape index (κ1) is 26.2. The molecule has 0 aliphatic heterocycles. The van der Waals surface area contributed by atoms with Crippen molar-refractivity contribution < 1.29 is 23.2 Å². The second-order valence-corrected chi connectivity index (χ2v) is 8.91. The highest BCUT2D eigenvalue weighted by molar-refractivity contribution is 14.1. The number of phenolic OH excluding ortho intramolecular Hbond substituents is 1. The quantitative estimate of drug-likeness (QED) is 0.186. The molecule has 0 bridgehead atoms. The molecule has 0 amide bonds. The number of alkyl halides is 3. The minimum atomic E-state index is -4.63. The topological polar surface area (TPSA) is 131 Å². The lowest BCUT2D eigenvalue weighted by atomic mass is 10.2. The summed E-state index contributed by atoms with van der Waals surface area (Å²) in [5.41, 5.74) is 4.36. The van der Waals surface area contributed by atoms with E-state index in [4.69, 9.17) is 34.2 Å². The van der Waals surface area contributed by atoms with Crippen LogP contribution >= 0.6 is 68.4 Å². The number of anilines is 1. The van der Waals surface area contributed by atoms with Crippen LogP contribution in [-0.2, 0) is 6.18 Å². The lowest BCUT2D eigenvalue weighted by Gasteiger charge is -2.12. The van der Waals surface area contributed by atoms with Crippen molar-refractivity contribution in [2.75, 3.05) is 5.73 Å². The van der Waals surface area contributed by atoms with E-state index in [2.05, 4.69) is 5.10 Å². The monoisotopic (exact) mass is 711 g/mol. The minimum Gasteiger partial charge on any atom is -0.506 e. The van der Waals surface area contributed by atoms with Crippen LogP contribution in [-0.4, -0.2) is 19.8 Å². The Morgan fingerprint density at radius 2 is 1.69 bits per heavy atom. The number of phenols is 1. The molecule has 0 aliphatic carbocycles. The summed E-state index contributed by atoms with van der Waals surface area (Å²) in [5.74, 6) is -0.145. The molecule has 0 saturated heterocycles. The van der Waals surface area contributed by atoms with E-state index in [-0.39, 0.29) is 21.5 Å². The van der Waals surface area contributed by atoms with Crippen LogP contribution in [0.3, 0.4) is 0 Å². The van der Waals surface area contributed by atoms with E-state index >= 15 is 0 Å². The van der Waals surface area contributed by atoms with Crippen LogP contribution in [0.1, 0.15) is 11.1 Å². The van der Waals surface area contributed by atoms with Gasteiger partial charge in [0.2, 0.25) is 5.82 Å². The maximum absolute atomic E-state index is 12.6. The molecule has 1 heterocycles. The number of aromatic nitrogens is 2. The number of aromatic hydroxyl groups is 1. The number of benzene rings is 2. The summed E-state index contributed by atoms with van der Waals surface area (Å²) < 4.78 is 40.1. The molecule has 3 N–H and O–H groups in total. The predicted molar refractivity (Wildman–Crippen MR) is 128 cm³/mol. The summed E-state index contributed by atoms with van der Waals surface area (Å²) >= 11 is 15.5. The van der Waals surface area contributed by atoms with Crippen molar-refractivity contribution in [2.24, 2.45) is 0 Å². The van der Waals surface area contributed by atoms with E-state index in [9.17, 15) is 28.4 Å². The molecule has 32 heavy (non-hydrogen) atoms. The molecule has 2 aromatic carbocycles. The SMILES string of the molecule is N#Cc1cc(I)c(O)c(I)c1.Nc1c([N+](=O)[O-])cnn1-c1c(Cl)cc(C(F)(F)F)cc1Cl. The van der Waals surface area contributed by atoms with Crippen LogP contribution in [0.15, 0.2) is 30.5 Å². The lowest BCUT2D eigenvalue weighted by molar-refractivity contribution is -0.383. The summed E-state index contributed by atoms with van der Waals surface area (Å²) in [6.07, 6.45) is -3.78. The van der Waals surface area contributed by atoms with Gasteiger partial charge in [-0.25, -0.2) is 4.68 Å². The maximum atomic E-state index is 12.6. The van der Waals surface area contributed by atoms with Gasteiger partial charge in [-0.1, -0.05) is 23.2 Å². The molecule has 8 nitrogen and oxygen atoms in total. The number of halogens is 7. The van der Waals surface area contributed by atoms with Crippen LogP contribution in [0.5, 0.6) is 5.75 Å². The Morgan fingerprint density at radius 3 is 2.06 bits per heavy atom. The average Bonchev–Trinajstić information content (AvgIpc) is 3.06. The van der Waals surface area contributed by atoms with Gasteiger partial charge in [0, 0.05) is 0 Å². The Bertz CT molecular complexity index is 1200. The number of hydrogen-bond acceptors (Lipinski definition) is 6. The second kappa shape index (κ2) is 10.3. The highest BCUT2D eigenvalue weighted by Gasteiger charge is 2.33. The number of nitriles is 1. The second-order valence-electron chi connectivity index (χ2n) is 5.77. The molecule has 0 atom stereocenters. The number of nitro groups is 1. The number of nitrogens with zero attached hydrogens (tertiary/aromatic N) is 4. The minimum absolute atomic E-state index is 0.170. The van der Waals surface area contributed by atoms with Crippen molar-refractivity contribution >= 4 is 79.9 Å². The molecule has 15 heteroatoms. The Balaban J connectivity index is 0.000000278. The summed E-state index contributed by atoms with van der Waals surface area (Å²) in [6, 6.07) is 6.59. The molecular weight excluding hydrogens is 704 g/mol. The zero-order valence-electron chi connectivity index (χ0n) is 15.2. The van der Waals surface area contributed by atoms with Gasteiger partial charge >= 0.3 is 11.9 Å². The first-order chi connectivity index (χ1) is 14.8. The van der Waals surface area contributed by atoms with Crippen LogP contribution in [0, 0.1) is 28.6 Å². The largest absolute Gasteiger partial charge is 0.506 e. The molecule has 0 radical (unpaired) electrons. The summed E-state index contributed by atoms with van der Waals surface area (Å²) in [5, 5.41) is 31.4. The normalized spacial score (nSPS) is 10.8. The van der Waals surface area contributed by atoms with E-state index < -0.39 is 28.2 Å². The fraction of sp³-hybridized carbons (Fsp3) is 0.0588. The number of nitrogen functional groups attached to an aromatic ring is 1. The Kier molecular flexibility index (Phi) is 8.42. The first-order valence-electron chi connectivity index (χ1n) is 7.90. The standard InChI is InChI=1S/C10H5Cl2F3N4O2.C7H3I2NO/c11-5-1-4(10(13,14)15)2-6(12)8(5)18-9(16)7(3-17-18)19(20)21;8-5-1-4(3-10)2-6(9)7(5)11/h1-3H,16H2;1-2,11H. The van der Waals surface area contributed by atoms with E-state index in [0.717, 1.165) is 10.9 Å². The Hall–Kier alpha value is -2.03. The molecule has 168 valence electrons. The zero-order valence-corrected chi connectivity index (χ0v) is 21.0. The third-order valence-corrected chi connectivity index (χ3v) is 5.91. The van der Waals surface area contributed by atoms with E-state index in [1.54, 1.807) is 12.1 Å². The molecule has 0 saturated carbocycles. The van der Waals surface area contributed by atoms with Gasteiger partial charge in [0.05, 0.1) is 39.3 Å². The lowest BCUT2D eigenvalue weighted by Crippen LogP contribution is -2.08. The van der Waals surface area contributed by atoms with Gasteiger partial charge < -0.3 is 10.8 Å². The number of nitrogens with two attached hydrogens (primary N) is 1. The molecule has 1 aromatic heterocycles. The smallest absolute Gasteiger partial charge is 0.416 e. The van der Waals surface area contributed by atoms with Crippen molar-refractivity contribution in [3.05, 3.63) is 68.9 Å². The maximum Gasteiger partial charge on any atom is 0.416 e. The van der Waals surface area contributed by atoms with Gasteiger partial charge in [-0.2, -0.15) is 23.5 Å². The highest BCUT2D eigenvalue weighted by atomic mass is 127. The van der Waals surface area contributed by atoms with Gasteiger partial charge in [0.1, 0.15) is 17.6 Å². The van der Waals surface area contributed by atoms with Gasteiger partial charge in [0.15, 0.2) is 0 Å². The molecule has 3 rings (SSSR count). The van der Waals surface area contributed by atoms with Crippen LogP contribution in [0.25, 0.3) is 5.69 Å². The van der Waals surface area contributed by atoms with E-state index in [1.165, 1.54) is 0 Å². The van der Waals surface area contributed by atoms with Crippen LogP contribution in [0.2, 0.25) is 10.0 Å². The van der Waals surface area contributed by atoms with Crippen LogP contribution in [0.4, 0.5) is 24.7 Å². The summed E-state index contributed by atoms with van der Waals surface area (Å²) in [6.45, 7) is 0. The van der Waals surface area contributed by atoms with Gasteiger partial charge in [-0.05, 0) is 69.4 Å².